The summed E-state index contributed by atoms with van der Waals surface area (Å²) in [4.78, 5) is 20.0. The molecule has 2 aliphatic rings. The molecule has 0 saturated carbocycles. The van der Waals surface area contributed by atoms with Crippen molar-refractivity contribution in [2.45, 2.75) is 38.7 Å². The lowest BCUT2D eigenvalue weighted by atomic mass is 10.1. The summed E-state index contributed by atoms with van der Waals surface area (Å²) < 4.78 is 61.9. The second kappa shape index (κ2) is 7.90. The Balaban J connectivity index is 1.78. The predicted octanol–water partition coefficient (Wildman–Crippen LogP) is 2.87. The van der Waals surface area contributed by atoms with Crippen molar-refractivity contribution in [1.82, 2.24) is 9.55 Å². The molecule has 10 heteroatoms. The summed E-state index contributed by atoms with van der Waals surface area (Å²) in [6.45, 7) is 3.31. The van der Waals surface area contributed by atoms with Crippen LogP contribution in [0.15, 0.2) is 29.1 Å². The third-order valence-corrected chi connectivity index (χ3v) is 5.40. The Morgan fingerprint density at radius 3 is 2.53 bits per heavy atom. The molecule has 1 atom stereocenters. The van der Waals surface area contributed by atoms with E-state index in [9.17, 15) is 22.4 Å². The lowest BCUT2D eigenvalue weighted by Gasteiger charge is -2.39. The molecule has 0 aliphatic carbocycles. The van der Waals surface area contributed by atoms with Gasteiger partial charge in [-0.05, 0) is 36.6 Å². The monoisotopic (exact) mass is 426 g/mol. The summed E-state index contributed by atoms with van der Waals surface area (Å²) in [5.74, 6) is -0.227. The molecule has 0 radical (unpaired) electrons. The number of nitrogens with zero attached hydrogens (tertiary/aromatic N) is 4. The van der Waals surface area contributed by atoms with E-state index < -0.39 is 23.6 Å². The molecule has 0 amide bonds. The molecule has 2 aliphatic heterocycles. The van der Waals surface area contributed by atoms with Crippen LogP contribution in [-0.4, -0.2) is 48.1 Å². The van der Waals surface area contributed by atoms with Crippen LogP contribution >= 0.6 is 0 Å². The maximum absolute atomic E-state index is 13.9. The highest BCUT2D eigenvalue weighted by Crippen LogP contribution is 2.35. The minimum absolute atomic E-state index is 0.0421. The van der Waals surface area contributed by atoms with Gasteiger partial charge in [-0.1, -0.05) is 6.07 Å². The van der Waals surface area contributed by atoms with Crippen LogP contribution in [0, 0.1) is 12.7 Å². The third kappa shape index (κ3) is 4.14. The second-order valence-electron chi connectivity index (χ2n) is 7.61. The molecular formula is C20H22F4N4O2. The van der Waals surface area contributed by atoms with Gasteiger partial charge in [0.1, 0.15) is 17.7 Å². The van der Waals surface area contributed by atoms with Gasteiger partial charge in [0.15, 0.2) is 0 Å². The van der Waals surface area contributed by atoms with Crippen molar-refractivity contribution in [3.8, 4) is 0 Å². The van der Waals surface area contributed by atoms with Gasteiger partial charge in [-0.25, -0.2) is 4.39 Å². The molecule has 6 nitrogen and oxygen atoms in total. The van der Waals surface area contributed by atoms with Crippen LogP contribution in [0.4, 0.5) is 29.3 Å². The molecule has 1 saturated heterocycles. The fraction of sp³-hybridized carbons (Fsp3) is 0.500. The number of aryl methyl sites for hydroxylation is 1. The molecule has 0 unspecified atom stereocenters. The first-order valence-electron chi connectivity index (χ1n) is 9.76. The number of halogens is 4. The van der Waals surface area contributed by atoms with Crippen molar-refractivity contribution in [3.05, 3.63) is 51.6 Å². The Morgan fingerprint density at radius 1 is 1.13 bits per heavy atom. The van der Waals surface area contributed by atoms with E-state index in [4.69, 9.17) is 4.74 Å². The predicted molar refractivity (Wildman–Crippen MR) is 103 cm³/mol. The molecule has 1 fully saturated rings. The van der Waals surface area contributed by atoms with E-state index >= 15 is 0 Å². The highest BCUT2D eigenvalue weighted by Gasteiger charge is 2.47. The van der Waals surface area contributed by atoms with Crippen molar-refractivity contribution < 1.29 is 22.3 Å². The van der Waals surface area contributed by atoms with Crippen molar-refractivity contribution in [3.63, 3.8) is 0 Å². The number of benzene rings is 1. The van der Waals surface area contributed by atoms with Crippen molar-refractivity contribution in [2.75, 3.05) is 36.1 Å². The summed E-state index contributed by atoms with van der Waals surface area (Å²) >= 11 is 0. The van der Waals surface area contributed by atoms with Gasteiger partial charge in [-0.15, -0.1) is 0 Å². The first-order valence-corrected chi connectivity index (χ1v) is 9.76. The number of hydrogen-bond acceptors (Lipinski definition) is 5. The average Bonchev–Trinajstić information content (AvgIpc) is 2.67. The van der Waals surface area contributed by atoms with Crippen LogP contribution in [0.3, 0.4) is 0 Å². The van der Waals surface area contributed by atoms with Crippen molar-refractivity contribution in [2.24, 2.45) is 0 Å². The zero-order valence-electron chi connectivity index (χ0n) is 16.5. The van der Waals surface area contributed by atoms with Crippen LogP contribution in [-0.2, 0) is 17.8 Å². The van der Waals surface area contributed by atoms with Gasteiger partial charge in [-0.3, -0.25) is 9.36 Å². The molecular weight excluding hydrogens is 404 g/mol. The van der Waals surface area contributed by atoms with E-state index in [1.54, 1.807) is 13.0 Å². The summed E-state index contributed by atoms with van der Waals surface area (Å²) in [6, 6.07) is 3.71. The zero-order chi connectivity index (χ0) is 21.5. The number of morpholine rings is 1. The third-order valence-electron chi connectivity index (χ3n) is 5.40. The molecule has 1 aromatic heterocycles. The molecule has 0 bridgehead atoms. The summed E-state index contributed by atoms with van der Waals surface area (Å²) in [7, 11) is 0. The number of ether oxygens (including phenoxy) is 1. The van der Waals surface area contributed by atoms with E-state index in [1.165, 1.54) is 22.8 Å². The SMILES string of the molecule is Cc1cc(F)cc(CN2c3nc(N4CCOCC4)cc(=O)n3CC[C@H]2C(F)(F)F)c1. The van der Waals surface area contributed by atoms with Crippen LogP contribution in [0.1, 0.15) is 17.5 Å². The molecule has 4 rings (SSSR count). The number of rotatable bonds is 3. The molecule has 0 N–H and O–H groups in total. The Labute approximate surface area is 170 Å². The smallest absolute Gasteiger partial charge is 0.378 e. The number of anilines is 2. The van der Waals surface area contributed by atoms with Gasteiger partial charge >= 0.3 is 6.18 Å². The van der Waals surface area contributed by atoms with E-state index in [0.717, 1.165) is 4.90 Å². The summed E-state index contributed by atoms with van der Waals surface area (Å²) in [6.07, 6.45) is -4.79. The zero-order valence-corrected chi connectivity index (χ0v) is 16.5. The van der Waals surface area contributed by atoms with Gasteiger partial charge in [0, 0.05) is 32.2 Å². The highest BCUT2D eigenvalue weighted by molar-refractivity contribution is 5.47. The fourth-order valence-corrected chi connectivity index (χ4v) is 4.03. The van der Waals surface area contributed by atoms with E-state index in [1.807, 2.05) is 4.90 Å². The summed E-state index contributed by atoms with van der Waals surface area (Å²) in [5.41, 5.74) is 0.599. The fourth-order valence-electron chi connectivity index (χ4n) is 4.03. The Morgan fingerprint density at radius 2 is 1.87 bits per heavy atom. The number of hydrogen-bond donors (Lipinski definition) is 0. The number of alkyl halides is 3. The second-order valence-corrected chi connectivity index (χ2v) is 7.61. The van der Waals surface area contributed by atoms with Crippen LogP contribution in [0.25, 0.3) is 0 Å². The quantitative estimate of drug-likeness (QED) is 0.707. The van der Waals surface area contributed by atoms with Gasteiger partial charge in [-0.2, -0.15) is 18.2 Å². The molecule has 2 aromatic rings. The van der Waals surface area contributed by atoms with E-state index in [0.29, 0.717) is 43.2 Å². The lowest BCUT2D eigenvalue weighted by Crippen LogP contribution is -2.52. The van der Waals surface area contributed by atoms with Gasteiger partial charge in [0.05, 0.1) is 13.2 Å². The molecule has 0 spiro atoms. The Bertz CT molecular complexity index is 965. The maximum Gasteiger partial charge on any atom is 0.408 e. The lowest BCUT2D eigenvalue weighted by molar-refractivity contribution is -0.153. The maximum atomic E-state index is 13.9. The molecule has 3 heterocycles. The van der Waals surface area contributed by atoms with Crippen LogP contribution in [0.5, 0.6) is 0 Å². The van der Waals surface area contributed by atoms with Crippen LogP contribution < -0.4 is 15.4 Å². The first kappa shape index (κ1) is 20.6. The van der Waals surface area contributed by atoms with Crippen molar-refractivity contribution >= 4 is 11.8 Å². The van der Waals surface area contributed by atoms with Gasteiger partial charge < -0.3 is 14.5 Å². The number of fused-ring (bicyclic) bond motifs is 1. The highest BCUT2D eigenvalue weighted by atomic mass is 19.4. The summed E-state index contributed by atoms with van der Waals surface area (Å²) in [5, 5.41) is 0. The van der Waals surface area contributed by atoms with E-state index in [-0.39, 0.29) is 25.5 Å². The molecule has 162 valence electrons. The topological polar surface area (TPSA) is 50.6 Å². The largest absolute Gasteiger partial charge is 0.408 e. The normalized spacial score (nSPS) is 19.7. The van der Waals surface area contributed by atoms with E-state index in [2.05, 4.69) is 4.98 Å². The molecule has 30 heavy (non-hydrogen) atoms. The van der Waals surface area contributed by atoms with Gasteiger partial charge in [0.25, 0.3) is 5.56 Å². The minimum Gasteiger partial charge on any atom is -0.378 e. The minimum atomic E-state index is -4.51. The van der Waals surface area contributed by atoms with Gasteiger partial charge in [0.2, 0.25) is 5.95 Å². The Kier molecular flexibility index (Phi) is 5.44. The average molecular weight is 426 g/mol. The first-order chi connectivity index (χ1) is 14.2. The number of aromatic nitrogens is 2. The van der Waals surface area contributed by atoms with Crippen LogP contribution in [0.2, 0.25) is 0 Å². The van der Waals surface area contributed by atoms with Crippen molar-refractivity contribution in [1.29, 1.82) is 0 Å². The standard InChI is InChI=1S/C20H22F4N4O2/c1-13-8-14(10-15(21)9-13)12-28-16(20(22,23)24)2-3-27-18(29)11-17(25-19(27)28)26-4-6-30-7-5-26/h8-11,16H,2-7,12H2,1H3/t16-/m0/s1. The molecule has 1 aromatic carbocycles. The Hall–Kier alpha value is -2.62.